The summed E-state index contributed by atoms with van der Waals surface area (Å²) in [4.78, 5) is 11.2. The van der Waals surface area contributed by atoms with Gasteiger partial charge in [-0.1, -0.05) is 19.8 Å². The second-order valence-corrected chi connectivity index (χ2v) is 4.63. The molecule has 4 heteroatoms. The van der Waals surface area contributed by atoms with E-state index in [0.29, 0.717) is 6.54 Å². The third-order valence-electron chi connectivity index (χ3n) is 3.24. The van der Waals surface area contributed by atoms with Crippen LogP contribution in [0.25, 0.3) is 0 Å². The zero-order chi connectivity index (χ0) is 11.3. The van der Waals surface area contributed by atoms with Crippen LogP contribution in [0, 0.1) is 5.41 Å². The minimum absolute atomic E-state index is 0.0895. The first-order valence-electron chi connectivity index (χ1n) is 5.52. The zero-order valence-electron chi connectivity index (χ0n) is 9.58. The van der Waals surface area contributed by atoms with Gasteiger partial charge in [0, 0.05) is 19.1 Å². The van der Waals surface area contributed by atoms with Gasteiger partial charge in [-0.05, 0) is 12.8 Å². The minimum atomic E-state index is -0.297. The first-order valence-corrected chi connectivity index (χ1v) is 5.52. The van der Waals surface area contributed by atoms with Crippen molar-refractivity contribution in [3.8, 4) is 0 Å². The molecular formula is C11H21NO3. The van der Waals surface area contributed by atoms with Crippen LogP contribution in [0.2, 0.25) is 0 Å². The van der Waals surface area contributed by atoms with Gasteiger partial charge >= 0.3 is 0 Å². The fourth-order valence-electron chi connectivity index (χ4n) is 2.07. The van der Waals surface area contributed by atoms with Gasteiger partial charge in [0.25, 0.3) is 0 Å². The first-order chi connectivity index (χ1) is 7.08. The molecule has 1 rings (SSSR count). The summed E-state index contributed by atoms with van der Waals surface area (Å²) in [5, 5.41) is 12.7. The van der Waals surface area contributed by atoms with Gasteiger partial charge in [0.1, 0.15) is 6.61 Å². The number of amides is 1. The number of rotatable bonds is 4. The average molecular weight is 215 g/mol. The number of aliphatic hydroxyl groups excluding tert-OH is 1. The predicted octanol–water partition coefficient (Wildman–Crippen LogP) is 0.690. The molecule has 1 saturated carbocycles. The van der Waals surface area contributed by atoms with Crippen LogP contribution in [-0.4, -0.2) is 37.4 Å². The lowest BCUT2D eigenvalue weighted by Crippen LogP contribution is -2.45. The molecule has 2 N–H and O–H groups in total. The zero-order valence-corrected chi connectivity index (χ0v) is 9.58. The number of nitrogens with one attached hydrogen (secondary N) is 1. The molecule has 0 bridgehead atoms. The molecule has 0 heterocycles. The van der Waals surface area contributed by atoms with Gasteiger partial charge in [0.2, 0.25) is 5.91 Å². The van der Waals surface area contributed by atoms with Crippen molar-refractivity contribution in [1.82, 2.24) is 5.32 Å². The fraction of sp³-hybridized carbons (Fsp3) is 0.909. The van der Waals surface area contributed by atoms with Crippen LogP contribution in [0.5, 0.6) is 0 Å². The predicted molar refractivity (Wildman–Crippen MR) is 57.5 cm³/mol. The Morgan fingerprint density at radius 1 is 1.60 bits per heavy atom. The number of hydrogen-bond donors (Lipinski definition) is 2. The van der Waals surface area contributed by atoms with E-state index in [4.69, 9.17) is 4.74 Å². The normalized spacial score (nSPS) is 31.3. The van der Waals surface area contributed by atoms with E-state index in [1.54, 1.807) is 0 Å². The van der Waals surface area contributed by atoms with Crippen LogP contribution in [0.4, 0.5) is 0 Å². The van der Waals surface area contributed by atoms with Gasteiger partial charge in [-0.15, -0.1) is 0 Å². The summed E-state index contributed by atoms with van der Waals surface area (Å²) in [7, 11) is 1.50. The summed E-state index contributed by atoms with van der Waals surface area (Å²) < 4.78 is 4.73. The Morgan fingerprint density at radius 2 is 2.33 bits per heavy atom. The van der Waals surface area contributed by atoms with Crippen molar-refractivity contribution in [3.05, 3.63) is 0 Å². The smallest absolute Gasteiger partial charge is 0.246 e. The lowest BCUT2D eigenvalue weighted by atomic mass is 9.73. The monoisotopic (exact) mass is 215 g/mol. The summed E-state index contributed by atoms with van der Waals surface area (Å²) in [6.45, 7) is 2.66. The van der Waals surface area contributed by atoms with Crippen LogP contribution in [-0.2, 0) is 9.53 Å². The van der Waals surface area contributed by atoms with E-state index in [-0.39, 0.29) is 24.0 Å². The Hall–Kier alpha value is -0.610. The van der Waals surface area contributed by atoms with E-state index in [9.17, 15) is 9.90 Å². The van der Waals surface area contributed by atoms with E-state index in [2.05, 4.69) is 5.32 Å². The van der Waals surface area contributed by atoms with Crippen LogP contribution < -0.4 is 5.32 Å². The van der Waals surface area contributed by atoms with E-state index in [1.165, 1.54) is 7.11 Å². The highest BCUT2D eigenvalue weighted by Crippen LogP contribution is 2.35. The maximum Gasteiger partial charge on any atom is 0.246 e. The highest BCUT2D eigenvalue weighted by Gasteiger charge is 2.35. The van der Waals surface area contributed by atoms with Crippen LogP contribution >= 0.6 is 0 Å². The van der Waals surface area contributed by atoms with Crippen molar-refractivity contribution >= 4 is 5.91 Å². The first kappa shape index (κ1) is 12.5. The molecule has 0 spiro atoms. The molecule has 1 aliphatic carbocycles. The average Bonchev–Trinajstić information content (AvgIpc) is 2.21. The molecule has 0 radical (unpaired) electrons. The summed E-state index contributed by atoms with van der Waals surface area (Å²) in [5.41, 5.74) is -0.165. The van der Waals surface area contributed by atoms with Crippen molar-refractivity contribution in [2.75, 3.05) is 20.3 Å². The number of methoxy groups -OCH3 is 1. The second kappa shape index (κ2) is 5.47. The minimum Gasteiger partial charge on any atom is -0.392 e. The topological polar surface area (TPSA) is 58.6 Å². The molecule has 2 atom stereocenters. The van der Waals surface area contributed by atoms with Crippen LogP contribution in [0.3, 0.4) is 0 Å². The molecule has 0 aliphatic heterocycles. The Morgan fingerprint density at radius 3 is 2.93 bits per heavy atom. The Balaban J connectivity index is 2.37. The van der Waals surface area contributed by atoms with Crippen molar-refractivity contribution in [1.29, 1.82) is 0 Å². The highest BCUT2D eigenvalue weighted by atomic mass is 16.5. The maximum absolute atomic E-state index is 11.2. The molecule has 1 fully saturated rings. The molecule has 0 aromatic rings. The van der Waals surface area contributed by atoms with Gasteiger partial charge in [-0.2, -0.15) is 0 Å². The van der Waals surface area contributed by atoms with Crippen molar-refractivity contribution in [3.63, 3.8) is 0 Å². The molecule has 15 heavy (non-hydrogen) atoms. The summed E-state index contributed by atoms with van der Waals surface area (Å²) in [6, 6.07) is 0. The van der Waals surface area contributed by atoms with Gasteiger partial charge < -0.3 is 15.2 Å². The Labute approximate surface area is 91.0 Å². The third kappa shape index (κ3) is 3.47. The van der Waals surface area contributed by atoms with Gasteiger partial charge in [-0.3, -0.25) is 4.79 Å². The Bertz CT molecular complexity index is 220. The van der Waals surface area contributed by atoms with Crippen molar-refractivity contribution < 1.29 is 14.6 Å². The van der Waals surface area contributed by atoms with Gasteiger partial charge in [0.05, 0.1) is 6.10 Å². The van der Waals surface area contributed by atoms with Crippen LogP contribution in [0.15, 0.2) is 0 Å². The molecule has 0 saturated heterocycles. The van der Waals surface area contributed by atoms with E-state index in [0.717, 1.165) is 25.7 Å². The number of carbonyl (C=O) groups is 1. The standard InChI is InChI=1S/C11H21NO3/c1-11(6-4-3-5-9(11)13)8-12-10(14)7-15-2/h9,13H,3-8H2,1-2H3,(H,12,14)/t9-,11-/m1/s1. The molecule has 0 unspecified atom stereocenters. The molecule has 4 nitrogen and oxygen atoms in total. The largest absolute Gasteiger partial charge is 0.392 e. The SMILES string of the molecule is COCC(=O)NC[C@@]1(C)CCCC[C@H]1O. The summed E-state index contributed by atoms with van der Waals surface area (Å²) >= 11 is 0. The molecular weight excluding hydrogens is 194 g/mol. The van der Waals surface area contributed by atoms with E-state index in [1.807, 2.05) is 6.92 Å². The van der Waals surface area contributed by atoms with Crippen molar-refractivity contribution in [2.45, 2.75) is 38.7 Å². The molecule has 1 aliphatic rings. The van der Waals surface area contributed by atoms with E-state index < -0.39 is 0 Å². The number of carbonyl (C=O) groups excluding carboxylic acids is 1. The third-order valence-corrected chi connectivity index (χ3v) is 3.24. The maximum atomic E-state index is 11.2. The lowest BCUT2D eigenvalue weighted by Gasteiger charge is -2.38. The molecule has 1 amide bonds. The number of ether oxygens (including phenoxy) is 1. The molecule has 0 aromatic heterocycles. The summed E-state index contributed by atoms with van der Waals surface area (Å²) in [6.07, 6.45) is 3.74. The second-order valence-electron chi connectivity index (χ2n) is 4.63. The van der Waals surface area contributed by atoms with Gasteiger partial charge in [-0.25, -0.2) is 0 Å². The fourth-order valence-corrected chi connectivity index (χ4v) is 2.07. The van der Waals surface area contributed by atoms with E-state index >= 15 is 0 Å². The number of aliphatic hydroxyl groups is 1. The van der Waals surface area contributed by atoms with Gasteiger partial charge in [0.15, 0.2) is 0 Å². The van der Waals surface area contributed by atoms with Crippen LogP contribution in [0.1, 0.15) is 32.6 Å². The number of hydrogen-bond acceptors (Lipinski definition) is 3. The Kier molecular flexibility index (Phi) is 4.54. The quantitative estimate of drug-likeness (QED) is 0.725. The molecule has 88 valence electrons. The lowest BCUT2D eigenvalue weighted by molar-refractivity contribution is -0.125. The summed E-state index contributed by atoms with van der Waals surface area (Å²) in [5.74, 6) is -0.114. The molecule has 0 aromatic carbocycles. The van der Waals surface area contributed by atoms with Crippen molar-refractivity contribution in [2.24, 2.45) is 5.41 Å². The highest BCUT2D eigenvalue weighted by molar-refractivity contribution is 5.77.